The van der Waals surface area contributed by atoms with E-state index in [4.69, 9.17) is 0 Å². The molecule has 6 nitrogen and oxygen atoms in total. The van der Waals surface area contributed by atoms with Crippen LogP contribution in [-0.2, 0) is 13.0 Å². The molecule has 2 aromatic heterocycles. The van der Waals surface area contributed by atoms with Crippen molar-refractivity contribution in [2.75, 3.05) is 20.1 Å². The highest BCUT2D eigenvalue weighted by Gasteiger charge is 2.08. The van der Waals surface area contributed by atoms with Gasteiger partial charge >= 0.3 is 0 Å². The molecule has 0 saturated heterocycles. The fourth-order valence-corrected chi connectivity index (χ4v) is 3.19. The van der Waals surface area contributed by atoms with Crippen LogP contribution in [0, 0.1) is 26.7 Å². The van der Waals surface area contributed by atoms with Gasteiger partial charge in [-0.2, -0.15) is 5.10 Å². The van der Waals surface area contributed by atoms with E-state index in [1.165, 1.54) is 5.69 Å². The molecule has 0 aliphatic carbocycles. The Kier molecular flexibility index (Phi) is 9.41. The fraction of sp³-hybridized carbons (Fsp3) is 0.588. The molecule has 0 aliphatic heterocycles. The fourth-order valence-electron chi connectivity index (χ4n) is 2.54. The maximum absolute atomic E-state index is 4.52. The Morgan fingerprint density at radius 2 is 2.08 bits per heavy atom. The Labute approximate surface area is 171 Å². The van der Waals surface area contributed by atoms with Crippen LogP contribution in [0.1, 0.15) is 29.0 Å². The van der Waals surface area contributed by atoms with Gasteiger partial charge in [-0.15, -0.1) is 35.3 Å². The summed E-state index contributed by atoms with van der Waals surface area (Å²) < 4.78 is 2.07. The van der Waals surface area contributed by atoms with E-state index >= 15 is 0 Å². The van der Waals surface area contributed by atoms with Crippen LogP contribution in [0.25, 0.3) is 0 Å². The largest absolute Gasteiger partial charge is 0.356 e. The summed E-state index contributed by atoms with van der Waals surface area (Å²) >= 11 is 1.69. The van der Waals surface area contributed by atoms with E-state index in [9.17, 15) is 0 Å². The first-order valence-corrected chi connectivity index (χ1v) is 9.22. The summed E-state index contributed by atoms with van der Waals surface area (Å²) in [6, 6.07) is 2.11. The minimum Gasteiger partial charge on any atom is -0.356 e. The Bertz CT molecular complexity index is 678. The lowest BCUT2D eigenvalue weighted by molar-refractivity contribution is 0.436. The number of aliphatic imine (C=N–C) groups is 1. The van der Waals surface area contributed by atoms with Crippen molar-refractivity contribution in [3.8, 4) is 0 Å². The van der Waals surface area contributed by atoms with E-state index < -0.39 is 0 Å². The highest BCUT2D eigenvalue weighted by atomic mass is 127. The molecule has 0 fully saturated rings. The predicted octanol–water partition coefficient (Wildman–Crippen LogP) is 2.93. The van der Waals surface area contributed by atoms with Gasteiger partial charge in [0.15, 0.2) is 5.96 Å². The van der Waals surface area contributed by atoms with Gasteiger partial charge in [-0.3, -0.25) is 9.67 Å². The predicted molar refractivity (Wildman–Crippen MR) is 116 cm³/mol. The molecule has 2 N–H and O–H groups in total. The first kappa shape index (κ1) is 21.9. The number of guanidine groups is 1. The monoisotopic (exact) mass is 476 g/mol. The Morgan fingerprint density at radius 1 is 1.32 bits per heavy atom. The average Bonchev–Trinajstić information content (AvgIpc) is 3.08. The summed E-state index contributed by atoms with van der Waals surface area (Å²) in [5.41, 5.74) is 3.42. The number of hydrogen-bond donors (Lipinski definition) is 2. The summed E-state index contributed by atoms with van der Waals surface area (Å²) in [5, 5.41) is 14.5. The molecule has 0 bridgehead atoms. The molecule has 8 heteroatoms. The number of aryl methyl sites for hydroxylation is 3. The first-order chi connectivity index (χ1) is 11.5. The third-order valence-electron chi connectivity index (χ3n) is 3.77. The van der Waals surface area contributed by atoms with Crippen LogP contribution in [0.2, 0.25) is 0 Å². The normalized spacial score (nSPS) is 12.6. The molecule has 1 unspecified atom stereocenters. The van der Waals surface area contributed by atoms with Crippen molar-refractivity contribution in [1.29, 1.82) is 0 Å². The third-order valence-corrected chi connectivity index (χ3v) is 4.59. The molecule has 0 spiro atoms. The van der Waals surface area contributed by atoms with Gasteiger partial charge in [0.1, 0.15) is 0 Å². The van der Waals surface area contributed by atoms with Gasteiger partial charge in [-0.05, 0) is 32.8 Å². The molecule has 0 aromatic carbocycles. The van der Waals surface area contributed by atoms with Gasteiger partial charge < -0.3 is 10.6 Å². The number of halogens is 1. The Morgan fingerprint density at radius 3 is 2.64 bits per heavy atom. The quantitative estimate of drug-likeness (QED) is 0.367. The van der Waals surface area contributed by atoms with Crippen LogP contribution in [-0.4, -0.2) is 40.9 Å². The Hall–Kier alpha value is -1.16. The molecule has 0 aliphatic rings. The molecule has 0 saturated carbocycles. The lowest BCUT2D eigenvalue weighted by Crippen LogP contribution is -2.40. The molecule has 0 amide bonds. The molecule has 2 heterocycles. The van der Waals surface area contributed by atoms with Crippen molar-refractivity contribution in [2.24, 2.45) is 10.9 Å². The summed E-state index contributed by atoms with van der Waals surface area (Å²) in [7, 11) is 1.80. The summed E-state index contributed by atoms with van der Waals surface area (Å²) in [6.45, 7) is 11.0. The van der Waals surface area contributed by atoms with E-state index in [0.717, 1.165) is 48.4 Å². The molecule has 1 atom stereocenters. The highest BCUT2D eigenvalue weighted by Crippen LogP contribution is 2.08. The van der Waals surface area contributed by atoms with Gasteiger partial charge in [-0.1, -0.05) is 6.92 Å². The van der Waals surface area contributed by atoms with E-state index in [0.29, 0.717) is 5.92 Å². The zero-order valence-electron chi connectivity index (χ0n) is 15.7. The SMILES string of the molecule is CN=C(NCCc1csc(C)n1)NCC(C)Cn1nc(C)cc1C.I. The van der Waals surface area contributed by atoms with E-state index in [1.807, 2.05) is 13.8 Å². The van der Waals surface area contributed by atoms with E-state index in [1.54, 1.807) is 18.4 Å². The molecule has 25 heavy (non-hydrogen) atoms. The molecule has 2 aromatic rings. The number of hydrogen-bond acceptors (Lipinski definition) is 4. The standard InChI is InChI=1S/C17H28N6S.HI/c1-12(10-23-14(3)8-13(2)22-23)9-20-17(18-5)19-7-6-16-11-24-15(4)21-16;/h8,11-12H,6-7,9-10H2,1-5H3,(H2,18,19,20);1H. The number of nitrogens with zero attached hydrogens (tertiary/aromatic N) is 4. The Balaban J connectivity index is 0.00000312. The number of nitrogens with one attached hydrogen (secondary N) is 2. The van der Waals surface area contributed by atoms with Gasteiger partial charge in [0.25, 0.3) is 0 Å². The van der Waals surface area contributed by atoms with Crippen molar-refractivity contribution < 1.29 is 0 Å². The van der Waals surface area contributed by atoms with Crippen molar-refractivity contribution in [2.45, 2.75) is 40.7 Å². The second-order valence-electron chi connectivity index (χ2n) is 6.20. The topological polar surface area (TPSA) is 67.1 Å². The van der Waals surface area contributed by atoms with Gasteiger partial charge in [-0.25, -0.2) is 4.98 Å². The highest BCUT2D eigenvalue weighted by molar-refractivity contribution is 14.0. The summed E-state index contributed by atoms with van der Waals surface area (Å²) in [5.74, 6) is 1.30. The first-order valence-electron chi connectivity index (χ1n) is 8.34. The minimum absolute atomic E-state index is 0. The number of rotatable bonds is 7. The smallest absolute Gasteiger partial charge is 0.190 e. The van der Waals surface area contributed by atoms with Gasteiger partial charge in [0.05, 0.1) is 16.4 Å². The van der Waals surface area contributed by atoms with Crippen LogP contribution in [0.3, 0.4) is 0 Å². The van der Waals surface area contributed by atoms with Gasteiger partial charge in [0, 0.05) is 44.2 Å². The second kappa shape index (κ2) is 10.7. The second-order valence-corrected chi connectivity index (χ2v) is 7.26. The van der Waals surface area contributed by atoms with Crippen LogP contribution in [0.4, 0.5) is 0 Å². The third kappa shape index (κ3) is 7.31. The number of aromatic nitrogens is 3. The average molecular weight is 476 g/mol. The lowest BCUT2D eigenvalue weighted by Gasteiger charge is -2.16. The summed E-state index contributed by atoms with van der Waals surface area (Å²) in [6.07, 6.45) is 0.909. The molecule has 0 radical (unpaired) electrons. The minimum atomic E-state index is 0. The van der Waals surface area contributed by atoms with Crippen molar-refractivity contribution in [1.82, 2.24) is 25.4 Å². The number of thiazole rings is 1. The zero-order chi connectivity index (χ0) is 17.5. The van der Waals surface area contributed by atoms with Crippen LogP contribution >= 0.6 is 35.3 Å². The molecular formula is C17H29IN6S. The maximum atomic E-state index is 4.52. The van der Waals surface area contributed by atoms with Crippen molar-refractivity contribution in [3.05, 3.63) is 33.5 Å². The van der Waals surface area contributed by atoms with Crippen molar-refractivity contribution in [3.63, 3.8) is 0 Å². The van der Waals surface area contributed by atoms with Crippen LogP contribution in [0.5, 0.6) is 0 Å². The summed E-state index contributed by atoms with van der Waals surface area (Å²) in [4.78, 5) is 8.75. The lowest BCUT2D eigenvalue weighted by atomic mass is 10.2. The molecule has 2 rings (SSSR count). The van der Waals surface area contributed by atoms with Crippen molar-refractivity contribution >= 4 is 41.3 Å². The van der Waals surface area contributed by atoms with Crippen LogP contribution in [0.15, 0.2) is 16.4 Å². The van der Waals surface area contributed by atoms with Crippen LogP contribution < -0.4 is 10.6 Å². The van der Waals surface area contributed by atoms with Gasteiger partial charge in [0.2, 0.25) is 0 Å². The zero-order valence-corrected chi connectivity index (χ0v) is 18.8. The van der Waals surface area contributed by atoms with E-state index in [-0.39, 0.29) is 24.0 Å². The molecule has 140 valence electrons. The van der Waals surface area contributed by atoms with E-state index in [2.05, 4.69) is 55.7 Å². The molecular weight excluding hydrogens is 447 g/mol. The maximum Gasteiger partial charge on any atom is 0.190 e.